The molecule has 2 N–H and O–H groups in total. The highest BCUT2D eigenvalue weighted by Gasteiger charge is 2.17. The first-order valence-corrected chi connectivity index (χ1v) is 7.27. The second kappa shape index (κ2) is 4.89. The molecule has 1 aromatic heterocycles. The first-order valence-electron chi connectivity index (χ1n) is 7.27. The van der Waals surface area contributed by atoms with Crippen LogP contribution < -0.4 is 5.73 Å². The number of nitrogens with two attached hydrogens (primary N) is 1. The van der Waals surface area contributed by atoms with Crippen molar-refractivity contribution in [3.05, 3.63) is 30.0 Å². The number of hydrogen-bond donors (Lipinski definition) is 1. The Morgan fingerprint density at radius 2 is 1.89 bits per heavy atom. The molecule has 3 rings (SSSR count). The Kier molecular flexibility index (Phi) is 3.23. The maximum atomic E-state index is 5.90. The normalized spacial score (nSPS) is 16.8. The van der Waals surface area contributed by atoms with Crippen molar-refractivity contribution in [3.63, 3.8) is 0 Å². The van der Waals surface area contributed by atoms with Gasteiger partial charge in [0.25, 0.3) is 0 Å². The number of hydrogen-bond acceptors (Lipinski definition) is 2. The van der Waals surface area contributed by atoms with Crippen LogP contribution in [0.2, 0.25) is 0 Å². The van der Waals surface area contributed by atoms with Crippen LogP contribution in [0.3, 0.4) is 0 Å². The van der Waals surface area contributed by atoms with Crippen LogP contribution in [0.1, 0.15) is 38.4 Å². The van der Waals surface area contributed by atoms with Crippen LogP contribution >= 0.6 is 0 Å². The van der Waals surface area contributed by atoms with E-state index in [0.717, 1.165) is 12.2 Å². The van der Waals surface area contributed by atoms with Gasteiger partial charge in [0.1, 0.15) is 0 Å². The summed E-state index contributed by atoms with van der Waals surface area (Å²) in [4.78, 5) is 2.55. The van der Waals surface area contributed by atoms with Crippen LogP contribution in [0.15, 0.2) is 24.3 Å². The molecule has 0 unspecified atom stereocenters. The number of rotatable bonds is 3. The molecule has 1 fully saturated rings. The molecule has 1 saturated heterocycles. The molecule has 102 valence electrons. The van der Waals surface area contributed by atoms with Gasteiger partial charge in [0.15, 0.2) is 0 Å². The second-order valence-electron chi connectivity index (χ2n) is 5.90. The van der Waals surface area contributed by atoms with Gasteiger partial charge in [0, 0.05) is 34.9 Å². The Bertz CT molecular complexity index is 577. The summed E-state index contributed by atoms with van der Waals surface area (Å²) in [5.41, 5.74) is 9.47. The molecule has 3 nitrogen and oxygen atoms in total. The summed E-state index contributed by atoms with van der Waals surface area (Å²) in [7, 11) is 0. The highest BCUT2D eigenvalue weighted by Crippen LogP contribution is 2.27. The average Bonchev–Trinajstić information content (AvgIpc) is 2.95. The van der Waals surface area contributed by atoms with Gasteiger partial charge in [-0.15, -0.1) is 0 Å². The Morgan fingerprint density at radius 3 is 2.58 bits per heavy atom. The minimum Gasteiger partial charge on any atom is -0.399 e. The van der Waals surface area contributed by atoms with Gasteiger partial charge in [0.2, 0.25) is 0 Å². The van der Waals surface area contributed by atoms with Crippen LogP contribution in [0, 0.1) is 0 Å². The predicted molar refractivity (Wildman–Crippen MR) is 81.2 cm³/mol. The Balaban J connectivity index is 2.03. The maximum Gasteiger partial charge on any atom is 0.0486 e. The second-order valence-corrected chi connectivity index (χ2v) is 5.90. The number of fused-ring (bicyclic) bond motifs is 1. The third kappa shape index (κ3) is 2.35. The zero-order valence-electron chi connectivity index (χ0n) is 11.9. The van der Waals surface area contributed by atoms with Crippen molar-refractivity contribution in [2.75, 3.05) is 18.8 Å². The fourth-order valence-corrected chi connectivity index (χ4v) is 3.21. The van der Waals surface area contributed by atoms with E-state index in [1.807, 2.05) is 6.07 Å². The summed E-state index contributed by atoms with van der Waals surface area (Å²) in [6, 6.07) is 9.03. The van der Waals surface area contributed by atoms with E-state index < -0.39 is 0 Å². The summed E-state index contributed by atoms with van der Waals surface area (Å²) in [6.45, 7) is 8.04. The zero-order chi connectivity index (χ0) is 13.4. The van der Waals surface area contributed by atoms with Crippen molar-refractivity contribution >= 4 is 16.6 Å². The lowest BCUT2D eigenvalue weighted by Crippen LogP contribution is -2.21. The maximum absolute atomic E-state index is 5.90. The first-order chi connectivity index (χ1) is 9.15. The number of likely N-dealkylation sites (tertiary alicyclic amines) is 1. The Hall–Kier alpha value is -1.48. The van der Waals surface area contributed by atoms with Gasteiger partial charge in [-0.25, -0.2) is 0 Å². The molecule has 1 aliphatic heterocycles. The molecular weight excluding hydrogens is 234 g/mol. The minimum atomic E-state index is 0.485. The first kappa shape index (κ1) is 12.5. The topological polar surface area (TPSA) is 34.2 Å². The third-order valence-electron chi connectivity index (χ3n) is 4.04. The van der Waals surface area contributed by atoms with E-state index in [0.29, 0.717) is 6.04 Å². The predicted octanol–water partition coefficient (Wildman–Crippen LogP) is 3.40. The van der Waals surface area contributed by atoms with E-state index in [4.69, 9.17) is 5.73 Å². The highest BCUT2D eigenvalue weighted by atomic mass is 15.2. The lowest BCUT2D eigenvalue weighted by Gasteiger charge is -2.19. The van der Waals surface area contributed by atoms with Crippen molar-refractivity contribution < 1.29 is 0 Å². The van der Waals surface area contributed by atoms with Gasteiger partial charge < -0.3 is 10.3 Å². The quantitative estimate of drug-likeness (QED) is 0.855. The van der Waals surface area contributed by atoms with Crippen LogP contribution in [-0.4, -0.2) is 22.6 Å². The van der Waals surface area contributed by atoms with E-state index in [1.165, 1.54) is 42.5 Å². The molecule has 2 heterocycles. The van der Waals surface area contributed by atoms with Crippen molar-refractivity contribution in [2.24, 2.45) is 0 Å². The summed E-state index contributed by atoms with van der Waals surface area (Å²) < 4.78 is 2.45. The summed E-state index contributed by atoms with van der Waals surface area (Å²) in [5, 5.41) is 1.27. The van der Waals surface area contributed by atoms with Crippen molar-refractivity contribution in [1.82, 2.24) is 9.47 Å². The van der Waals surface area contributed by atoms with Gasteiger partial charge in [-0.3, -0.25) is 4.90 Å². The van der Waals surface area contributed by atoms with Gasteiger partial charge in [0.05, 0.1) is 0 Å². The lowest BCUT2D eigenvalue weighted by atomic mass is 10.2. The molecule has 0 spiro atoms. The number of nitrogen functional groups attached to an aromatic ring is 1. The molecule has 1 aliphatic rings. The molecule has 1 aromatic carbocycles. The van der Waals surface area contributed by atoms with Crippen LogP contribution in [-0.2, 0) is 6.54 Å². The molecule has 0 atom stereocenters. The largest absolute Gasteiger partial charge is 0.399 e. The number of nitrogens with zero attached hydrogens (tertiary/aromatic N) is 2. The van der Waals surface area contributed by atoms with Gasteiger partial charge in [-0.2, -0.15) is 0 Å². The molecule has 0 radical (unpaired) electrons. The highest BCUT2D eigenvalue weighted by molar-refractivity contribution is 5.84. The Labute approximate surface area is 115 Å². The smallest absolute Gasteiger partial charge is 0.0486 e. The number of anilines is 1. The lowest BCUT2D eigenvalue weighted by molar-refractivity contribution is 0.319. The third-order valence-corrected chi connectivity index (χ3v) is 4.04. The van der Waals surface area contributed by atoms with Crippen LogP contribution in [0.4, 0.5) is 5.69 Å². The molecular formula is C16H23N3. The Morgan fingerprint density at radius 1 is 1.16 bits per heavy atom. The van der Waals surface area contributed by atoms with Crippen LogP contribution in [0.25, 0.3) is 10.9 Å². The van der Waals surface area contributed by atoms with Gasteiger partial charge in [-0.1, -0.05) is 0 Å². The molecule has 3 heteroatoms. The SMILES string of the molecule is CC(C)n1c(CN2CCCC2)cc2cc(N)ccc21. The summed E-state index contributed by atoms with van der Waals surface area (Å²) >= 11 is 0. The molecule has 0 amide bonds. The molecule has 0 saturated carbocycles. The monoisotopic (exact) mass is 257 g/mol. The van der Waals surface area contributed by atoms with E-state index in [-0.39, 0.29) is 0 Å². The zero-order valence-corrected chi connectivity index (χ0v) is 11.9. The van der Waals surface area contributed by atoms with Crippen LogP contribution in [0.5, 0.6) is 0 Å². The molecule has 19 heavy (non-hydrogen) atoms. The van der Waals surface area contributed by atoms with E-state index in [1.54, 1.807) is 0 Å². The number of benzene rings is 1. The van der Waals surface area contributed by atoms with Crippen molar-refractivity contribution in [2.45, 2.75) is 39.3 Å². The fraction of sp³-hybridized carbons (Fsp3) is 0.500. The molecule has 2 aromatic rings. The fourth-order valence-electron chi connectivity index (χ4n) is 3.21. The standard InChI is InChI=1S/C16H23N3/c1-12(2)19-15(11-18-7-3-4-8-18)10-13-9-14(17)5-6-16(13)19/h5-6,9-10,12H,3-4,7-8,11,17H2,1-2H3. The van der Waals surface area contributed by atoms with Crippen molar-refractivity contribution in [3.8, 4) is 0 Å². The van der Waals surface area contributed by atoms with Gasteiger partial charge >= 0.3 is 0 Å². The van der Waals surface area contributed by atoms with Crippen molar-refractivity contribution in [1.29, 1.82) is 0 Å². The van der Waals surface area contributed by atoms with Gasteiger partial charge in [-0.05, 0) is 64.0 Å². The average molecular weight is 257 g/mol. The van der Waals surface area contributed by atoms with E-state index >= 15 is 0 Å². The molecule has 0 aliphatic carbocycles. The van der Waals surface area contributed by atoms with E-state index in [9.17, 15) is 0 Å². The van der Waals surface area contributed by atoms with E-state index in [2.05, 4.69) is 41.5 Å². The summed E-state index contributed by atoms with van der Waals surface area (Å²) in [5.74, 6) is 0. The number of aromatic nitrogens is 1. The molecule has 0 bridgehead atoms. The minimum absolute atomic E-state index is 0.485. The summed E-state index contributed by atoms with van der Waals surface area (Å²) in [6.07, 6.45) is 2.68.